The van der Waals surface area contributed by atoms with E-state index in [1.807, 2.05) is 44.2 Å². The second-order valence-corrected chi connectivity index (χ2v) is 5.70. The summed E-state index contributed by atoms with van der Waals surface area (Å²) in [5, 5.41) is 13.2. The Balaban J connectivity index is 0.00000208. The molecule has 0 atom stereocenters. The molecule has 5 heteroatoms. The Kier molecular flexibility index (Phi) is 5.42. The van der Waals surface area contributed by atoms with Crippen molar-refractivity contribution in [3.05, 3.63) is 65.5 Å². The molecule has 2 aromatic carbocycles. The summed E-state index contributed by atoms with van der Waals surface area (Å²) in [5.41, 5.74) is 4.81. The van der Waals surface area contributed by atoms with Crippen molar-refractivity contribution in [1.29, 1.82) is 0 Å². The van der Waals surface area contributed by atoms with Crippen molar-refractivity contribution in [3.63, 3.8) is 0 Å². The van der Waals surface area contributed by atoms with Crippen LogP contribution in [0.2, 0.25) is 0 Å². The quantitative estimate of drug-likeness (QED) is 0.662. The van der Waals surface area contributed by atoms with E-state index in [1.54, 1.807) is 6.07 Å². The number of aryl methyl sites for hydroxylation is 3. The van der Waals surface area contributed by atoms with Crippen LogP contribution in [0, 0.1) is 20.8 Å². The number of nitrogens with zero attached hydrogens (tertiary/aromatic N) is 2. The molecular formula is C19H20ClN3O. The molecule has 24 heavy (non-hydrogen) atoms. The molecule has 1 heterocycles. The van der Waals surface area contributed by atoms with Crippen LogP contribution in [-0.2, 0) is 0 Å². The summed E-state index contributed by atoms with van der Waals surface area (Å²) >= 11 is 0. The van der Waals surface area contributed by atoms with E-state index < -0.39 is 0 Å². The number of halogens is 1. The van der Waals surface area contributed by atoms with Crippen molar-refractivity contribution in [2.45, 2.75) is 20.8 Å². The molecule has 0 bridgehead atoms. The molecule has 0 saturated carbocycles. The molecule has 0 fully saturated rings. The zero-order valence-electron chi connectivity index (χ0n) is 13.9. The molecule has 0 amide bonds. The molecule has 0 radical (unpaired) electrons. The molecule has 124 valence electrons. The van der Waals surface area contributed by atoms with E-state index in [-0.39, 0.29) is 18.2 Å². The molecule has 0 unspecified atom stereocenters. The van der Waals surface area contributed by atoms with Crippen LogP contribution in [0.15, 0.2) is 48.5 Å². The number of hydrogen-bond acceptors (Lipinski definition) is 4. The van der Waals surface area contributed by atoms with Gasteiger partial charge in [0.15, 0.2) is 0 Å². The van der Waals surface area contributed by atoms with Crippen LogP contribution in [0.25, 0.3) is 11.3 Å². The van der Waals surface area contributed by atoms with Crippen LogP contribution in [0.3, 0.4) is 0 Å². The van der Waals surface area contributed by atoms with Gasteiger partial charge in [-0.3, -0.25) is 0 Å². The van der Waals surface area contributed by atoms with Crippen molar-refractivity contribution in [3.8, 4) is 17.0 Å². The van der Waals surface area contributed by atoms with Gasteiger partial charge in [-0.05, 0) is 38.5 Å². The van der Waals surface area contributed by atoms with Gasteiger partial charge in [0, 0.05) is 11.6 Å². The van der Waals surface area contributed by atoms with Gasteiger partial charge < -0.3 is 10.4 Å². The number of aromatic hydroxyl groups is 1. The third kappa shape index (κ3) is 4.03. The van der Waals surface area contributed by atoms with Gasteiger partial charge in [-0.25, -0.2) is 9.97 Å². The Morgan fingerprint density at radius 1 is 0.833 bits per heavy atom. The number of benzene rings is 2. The van der Waals surface area contributed by atoms with E-state index in [0.717, 1.165) is 16.8 Å². The van der Waals surface area contributed by atoms with Crippen LogP contribution in [0.4, 0.5) is 11.5 Å². The molecule has 4 nitrogen and oxygen atoms in total. The molecule has 1 aromatic heterocycles. The standard InChI is InChI=1S/C19H19N3O.ClH/c1-12-4-7-15(8-5-12)16-11-19(21-14(3)20-16)22-17-10-13(2)6-9-18(17)23;/h4-11,23H,1-3H3,(H,20,21,22);1H. The maximum atomic E-state index is 9.98. The highest BCUT2D eigenvalue weighted by Gasteiger charge is 2.07. The third-order valence-corrected chi connectivity index (χ3v) is 3.60. The average molecular weight is 342 g/mol. The lowest BCUT2D eigenvalue weighted by atomic mass is 10.1. The highest BCUT2D eigenvalue weighted by atomic mass is 35.5. The molecule has 0 spiro atoms. The number of phenols is 1. The first kappa shape index (κ1) is 17.8. The van der Waals surface area contributed by atoms with Crippen LogP contribution in [-0.4, -0.2) is 15.1 Å². The zero-order valence-corrected chi connectivity index (χ0v) is 14.7. The van der Waals surface area contributed by atoms with Crippen LogP contribution in [0.5, 0.6) is 5.75 Å². The molecule has 0 aliphatic rings. The highest BCUT2D eigenvalue weighted by molar-refractivity contribution is 5.85. The molecular weight excluding hydrogens is 322 g/mol. The minimum atomic E-state index is 0. The fraction of sp³-hybridized carbons (Fsp3) is 0.158. The second kappa shape index (κ2) is 7.32. The van der Waals surface area contributed by atoms with Crippen LogP contribution >= 0.6 is 12.4 Å². The van der Waals surface area contributed by atoms with Crippen molar-refractivity contribution in [2.24, 2.45) is 0 Å². The van der Waals surface area contributed by atoms with E-state index in [0.29, 0.717) is 17.3 Å². The largest absolute Gasteiger partial charge is 0.506 e. The topological polar surface area (TPSA) is 58.0 Å². The van der Waals surface area contributed by atoms with E-state index >= 15 is 0 Å². The minimum absolute atomic E-state index is 0. The number of anilines is 2. The predicted molar refractivity (Wildman–Crippen MR) is 100 cm³/mol. The summed E-state index contributed by atoms with van der Waals surface area (Å²) in [4.78, 5) is 8.91. The SMILES string of the molecule is Cc1ccc(-c2cc(Nc3cc(C)ccc3O)nc(C)n2)cc1.Cl. The molecule has 0 saturated heterocycles. The van der Waals surface area contributed by atoms with Crippen molar-refractivity contribution >= 4 is 23.9 Å². The van der Waals surface area contributed by atoms with Gasteiger partial charge in [0.1, 0.15) is 17.4 Å². The lowest BCUT2D eigenvalue weighted by Crippen LogP contribution is -1.99. The van der Waals surface area contributed by atoms with Crippen LogP contribution in [0.1, 0.15) is 17.0 Å². The fourth-order valence-corrected chi connectivity index (χ4v) is 2.39. The summed E-state index contributed by atoms with van der Waals surface area (Å²) in [6.45, 7) is 5.90. The van der Waals surface area contributed by atoms with E-state index in [1.165, 1.54) is 5.56 Å². The second-order valence-electron chi connectivity index (χ2n) is 5.70. The van der Waals surface area contributed by atoms with Gasteiger partial charge in [0.2, 0.25) is 0 Å². The van der Waals surface area contributed by atoms with Gasteiger partial charge >= 0.3 is 0 Å². The number of hydrogen-bond donors (Lipinski definition) is 2. The lowest BCUT2D eigenvalue weighted by Gasteiger charge is -2.11. The molecule has 0 aliphatic heterocycles. The monoisotopic (exact) mass is 341 g/mol. The number of nitrogens with one attached hydrogen (secondary N) is 1. The minimum Gasteiger partial charge on any atom is -0.506 e. The van der Waals surface area contributed by atoms with Crippen molar-refractivity contribution < 1.29 is 5.11 Å². The van der Waals surface area contributed by atoms with Gasteiger partial charge in [-0.2, -0.15) is 0 Å². The average Bonchev–Trinajstić information content (AvgIpc) is 2.51. The Bertz CT molecular complexity index is 848. The molecule has 3 aromatic rings. The first-order valence-electron chi connectivity index (χ1n) is 7.50. The predicted octanol–water partition coefficient (Wildman–Crippen LogP) is 4.94. The van der Waals surface area contributed by atoms with Gasteiger partial charge in [0.25, 0.3) is 0 Å². The van der Waals surface area contributed by atoms with E-state index in [2.05, 4.69) is 34.3 Å². The van der Waals surface area contributed by atoms with Gasteiger partial charge in [-0.15, -0.1) is 12.4 Å². The normalized spacial score (nSPS) is 10.1. The molecule has 0 aliphatic carbocycles. The maximum absolute atomic E-state index is 9.98. The Morgan fingerprint density at radius 2 is 1.50 bits per heavy atom. The number of rotatable bonds is 3. The van der Waals surface area contributed by atoms with Crippen molar-refractivity contribution in [1.82, 2.24) is 9.97 Å². The zero-order chi connectivity index (χ0) is 16.4. The number of phenolic OH excluding ortho intramolecular Hbond substituents is 1. The summed E-state index contributed by atoms with van der Waals surface area (Å²) in [5.74, 6) is 1.54. The van der Waals surface area contributed by atoms with Gasteiger partial charge in [0.05, 0.1) is 11.4 Å². The Labute approximate surface area is 148 Å². The highest BCUT2D eigenvalue weighted by Crippen LogP contribution is 2.28. The van der Waals surface area contributed by atoms with E-state index in [9.17, 15) is 5.11 Å². The van der Waals surface area contributed by atoms with Gasteiger partial charge in [-0.1, -0.05) is 35.9 Å². The Hall–Kier alpha value is -2.59. The smallest absolute Gasteiger partial charge is 0.139 e. The summed E-state index contributed by atoms with van der Waals surface area (Å²) in [6.07, 6.45) is 0. The first-order valence-corrected chi connectivity index (χ1v) is 7.50. The number of aromatic nitrogens is 2. The van der Waals surface area contributed by atoms with E-state index in [4.69, 9.17) is 0 Å². The fourth-order valence-electron chi connectivity index (χ4n) is 2.39. The summed E-state index contributed by atoms with van der Waals surface area (Å²) in [6, 6.07) is 15.5. The first-order chi connectivity index (χ1) is 11.0. The van der Waals surface area contributed by atoms with Crippen molar-refractivity contribution in [2.75, 3.05) is 5.32 Å². The third-order valence-electron chi connectivity index (χ3n) is 3.60. The maximum Gasteiger partial charge on any atom is 0.139 e. The Morgan fingerprint density at radius 3 is 2.21 bits per heavy atom. The summed E-state index contributed by atoms with van der Waals surface area (Å²) in [7, 11) is 0. The molecule has 2 N–H and O–H groups in total. The molecule has 3 rings (SSSR count). The van der Waals surface area contributed by atoms with Crippen LogP contribution < -0.4 is 5.32 Å². The lowest BCUT2D eigenvalue weighted by molar-refractivity contribution is 0.477. The summed E-state index contributed by atoms with van der Waals surface area (Å²) < 4.78 is 0.